The number of halogens is 4. The quantitative estimate of drug-likeness (QED) is 0.444. The zero-order chi connectivity index (χ0) is 11.0. The molecule has 0 aromatic heterocycles. The second-order valence-corrected chi connectivity index (χ2v) is 14.4. The van der Waals surface area contributed by atoms with Crippen molar-refractivity contribution < 1.29 is 0 Å². The van der Waals surface area contributed by atoms with E-state index in [1.165, 1.54) is 12.8 Å². The highest BCUT2D eigenvalue weighted by Crippen LogP contribution is 2.90. The molecule has 0 N–H and O–H groups in total. The third-order valence-corrected chi connectivity index (χ3v) is 9.79. The molecular weight excluding hydrogens is 464 g/mol. The fourth-order valence-corrected chi connectivity index (χ4v) is 9.74. The van der Waals surface area contributed by atoms with Crippen LogP contribution in [0.25, 0.3) is 0 Å². The third-order valence-electron chi connectivity index (χ3n) is 6.38. The number of hydrogen-bond donors (Lipinski definition) is 0. The van der Waals surface area contributed by atoms with Gasteiger partial charge in [-0.15, -0.1) is 0 Å². The lowest BCUT2D eigenvalue weighted by molar-refractivity contribution is -0.209. The van der Waals surface area contributed by atoms with Crippen LogP contribution in [-0.4, -0.2) is 6.47 Å². The monoisotopic (exact) mass is 472 g/mol. The Morgan fingerprint density at radius 3 is 1.69 bits per heavy atom. The Kier molecular flexibility index (Phi) is 1.80. The molecule has 5 aliphatic carbocycles. The summed E-state index contributed by atoms with van der Waals surface area (Å²) < 4.78 is 0.609. The summed E-state index contributed by atoms with van der Waals surface area (Å²) in [6, 6.07) is 0. The van der Waals surface area contributed by atoms with Gasteiger partial charge in [0.2, 0.25) is 0 Å². The standard InChI is InChI=1S/C12H12Br4/c13-11(14)1-3-5-4(2-11)7-8(5)6(3)9-10(7)12(9,15)16/h3-10H,1-2H2/t3-,4+,5?,6-,7-,8?,9-,10-/m1/s1. The van der Waals surface area contributed by atoms with Gasteiger partial charge in [-0.2, -0.15) is 0 Å². The number of alkyl halides is 4. The van der Waals surface area contributed by atoms with Gasteiger partial charge in [-0.25, -0.2) is 0 Å². The molecule has 5 aliphatic rings. The van der Waals surface area contributed by atoms with Crippen LogP contribution in [0.15, 0.2) is 0 Å². The first kappa shape index (κ1) is 10.7. The molecule has 5 saturated carbocycles. The van der Waals surface area contributed by atoms with Crippen molar-refractivity contribution in [3.63, 3.8) is 0 Å². The fourth-order valence-electron chi connectivity index (χ4n) is 6.15. The van der Waals surface area contributed by atoms with Gasteiger partial charge in [-0.05, 0) is 60.2 Å². The van der Waals surface area contributed by atoms with Crippen molar-refractivity contribution in [1.29, 1.82) is 0 Å². The zero-order valence-corrected chi connectivity index (χ0v) is 14.9. The Balaban J connectivity index is 1.58. The highest BCUT2D eigenvalue weighted by atomic mass is 79.9. The Labute approximate surface area is 129 Å². The first-order valence-electron chi connectivity index (χ1n) is 6.19. The first-order chi connectivity index (χ1) is 7.43. The Hall–Kier alpha value is 1.92. The molecule has 88 valence electrons. The normalized spacial score (nSPS) is 69.8. The molecule has 0 radical (unpaired) electrons. The number of rotatable bonds is 0. The molecule has 8 atom stereocenters. The largest absolute Gasteiger partial charge is 0.0874 e. The lowest BCUT2D eigenvalue weighted by Crippen LogP contribution is -2.67. The van der Waals surface area contributed by atoms with Crippen molar-refractivity contribution >= 4 is 63.7 Å². The molecule has 0 aromatic rings. The van der Waals surface area contributed by atoms with Crippen LogP contribution < -0.4 is 0 Å². The van der Waals surface area contributed by atoms with Gasteiger partial charge in [-0.3, -0.25) is 0 Å². The van der Waals surface area contributed by atoms with Crippen LogP contribution in [0.4, 0.5) is 0 Å². The minimum atomic E-state index is 0.270. The van der Waals surface area contributed by atoms with E-state index in [4.69, 9.17) is 0 Å². The van der Waals surface area contributed by atoms with Gasteiger partial charge in [0.1, 0.15) is 0 Å². The summed E-state index contributed by atoms with van der Waals surface area (Å²) in [6.45, 7) is 0. The molecule has 0 heterocycles. The van der Waals surface area contributed by atoms with Crippen molar-refractivity contribution in [2.24, 2.45) is 47.3 Å². The summed E-state index contributed by atoms with van der Waals surface area (Å²) in [6.07, 6.45) is 2.70. The average molecular weight is 476 g/mol. The van der Waals surface area contributed by atoms with Gasteiger partial charge in [0.15, 0.2) is 0 Å². The van der Waals surface area contributed by atoms with E-state index in [1.54, 1.807) is 0 Å². The van der Waals surface area contributed by atoms with E-state index in [0.29, 0.717) is 3.23 Å². The molecule has 0 saturated heterocycles. The summed E-state index contributed by atoms with van der Waals surface area (Å²) >= 11 is 15.6. The molecule has 0 bridgehead atoms. The Morgan fingerprint density at radius 2 is 1.19 bits per heavy atom. The summed E-state index contributed by atoms with van der Waals surface area (Å²) in [5.74, 6) is 8.21. The SMILES string of the molecule is BrC1(Br)C[C@@H]2C3C4[C@@H]2[C@@H]2[C@@H]([C@@H]4[C@H]3C1)C2(Br)Br. The highest BCUT2D eigenvalue weighted by molar-refractivity contribution is 9.25. The molecule has 0 aliphatic heterocycles. The van der Waals surface area contributed by atoms with E-state index < -0.39 is 0 Å². The molecule has 2 unspecified atom stereocenters. The van der Waals surface area contributed by atoms with Crippen LogP contribution in [0.3, 0.4) is 0 Å². The number of fused-ring (bicyclic) bond motifs is 5. The van der Waals surface area contributed by atoms with Gasteiger partial charge >= 0.3 is 0 Å². The Morgan fingerprint density at radius 1 is 0.688 bits per heavy atom. The maximum atomic E-state index is 3.93. The maximum Gasteiger partial charge on any atom is 0.0874 e. The summed E-state index contributed by atoms with van der Waals surface area (Å²) in [7, 11) is 0. The topological polar surface area (TPSA) is 0 Å². The minimum absolute atomic E-state index is 0.270. The minimum Gasteiger partial charge on any atom is -0.0727 e. The molecular formula is C12H12Br4. The molecule has 0 aromatic carbocycles. The molecule has 0 nitrogen and oxygen atoms in total. The van der Waals surface area contributed by atoms with E-state index >= 15 is 0 Å². The predicted molar refractivity (Wildman–Crippen MR) is 78.3 cm³/mol. The van der Waals surface area contributed by atoms with Crippen LogP contribution in [0.1, 0.15) is 12.8 Å². The van der Waals surface area contributed by atoms with Crippen molar-refractivity contribution in [3.8, 4) is 0 Å². The van der Waals surface area contributed by atoms with Crippen LogP contribution >= 0.6 is 63.7 Å². The summed E-state index contributed by atoms with van der Waals surface area (Å²) in [5.41, 5.74) is 0. The first-order valence-corrected chi connectivity index (χ1v) is 9.36. The number of hydrogen-bond acceptors (Lipinski definition) is 0. The lowest BCUT2D eigenvalue weighted by Gasteiger charge is -2.71. The van der Waals surface area contributed by atoms with Gasteiger partial charge in [0.25, 0.3) is 0 Å². The van der Waals surface area contributed by atoms with Gasteiger partial charge < -0.3 is 0 Å². The van der Waals surface area contributed by atoms with Crippen molar-refractivity contribution in [3.05, 3.63) is 0 Å². The molecule has 4 heteroatoms. The fraction of sp³-hybridized carbons (Fsp3) is 1.00. The summed E-state index contributed by atoms with van der Waals surface area (Å²) in [4.78, 5) is 0. The van der Waals surface area contributed by atoms with Gasteiger partial charge in [0, 0.05) is 0 Å². The van der Waals surface area contributed by atoms with Crippen LogP contribution in [-0.2, 0) is 0 Å². The van der Waals surface area contributed by atoms with Crippen molar-refractivity contribution in [2.75, 3.05) is 0 Å². The van der Waals surface area contributed by atoms with E-state index in [1.807, 2.05) is 0 Å². The van der Waals surface area contributed by atoms with Gasteiger partial charge in [0.05, 0.1) is 6.47 Å². The van der Waals surface area contributed by atoms with Crippen LogP contribution in [0.5, 0.6) is 0 Å². The van der Waals surface area contributed by atoms with Gasteiger partial charge in [-0.1, -0.05) is 63.7 Å². The van der Waals surface area contributed by atoms with E-state index in [-0.39, 0.29) is 3.23 Å². The smallest absolute Gasteiger partial charge is 0.0727 e. The van der Waals surface area contributed by atoms with Crippen LogP contribution in [0, 0.1) is 47.3 Å². The van der Waals surface area contributed by atoms with E-state index in [2.05, 4.69) is 63.7 Å². The molecule has 5 rings (SSSR count). The van der Waals surface area contributed by atoms with Crippen LogP contribution in [0.2, 0.25) is 0 Å². The maximum absolute atomic E-state index is 3.93. The van der Waals surface area contributed by atoms with E-state index in [9.17, 15) is 0 Å². The molecule has 5 fully saturated rings. The highest BCUT2D eigenvalue weighted by Gasteiger charge is 2.87. The third kappa shape index (κ3) is 0.924. The molecule has 0 amide bonds. The molecule has 16 heavy (non-hydrogen) atoms. The van der Waals surface area contributed by atoms with E-state index in [0.717, 1.165) is 47.3 Å². The lowest BCUT2D eigenvalue weighted by atomic mass is 9.36. The summed E-state index contributed by atoms with van der Waals surface area (Å²) in [5, 5.41) is 0. The Bertz CT molecular complexity index is 370. The van der Waals surface area contributed by atoms with Crippen molar-refractivity contribution in [2.45, 2.75) is 19.3 Å². The predicted octanol–water partition coefficient (Wildman–Crippen LogP) is 4.74. The average Bonchev–Trinajstić information content (AvgIpc) is 2.58. The second kappa shape index (κ2) is 2.69. The zero-order valence-electron chi connectivity index (χ0n) is 8.54. The second-order valence-electron chi connectivity index (χ2n) is 6.63. The van der Waals surface area contributed by atoms with Crippen molar-refractivity contribution in [1.82, 2.24) is 0 Å². The molecule has 0 spiro atoms.